The van der Waals surface area contributed by atoms with E-state index in [4.69, 9.17) is 15.2 Å². The molecule has 1 amide bonds. The quantitative estimate of drug-likeness (QED) is 0.622. The molecule has 0 saturated carbocycles. The van der Waals surface area contributed by atoms with Crippen LogP contribution in [0.2, 0.25) is 0 Å². The van der Waals surface area contributed by atoms with Crippen LogP contribution in [0.3, 0.4) is 0 Å². The highest BCUT2D eigenvalue weighted by molar-refractivity contribution is 5.79. The molecule has 102 valence electrons. The molecule has 3 heterocycles. The zero-order valence-corrected chi connectivity index (χ0v) is 10.5. The minimum Gasteiger partial charge on any atom is -0.381 e. The number of carbonyl (C=O) groups excluding carboxylic acids is 1. The lowest BCUT2D eigenvalue weighted by molar-refractivity contribution is -0.143. The minimum absolute atomic E-state index is 0.352. The van der Waals surface area contributed by atoms with Crippen LogP contribution in [0, 0.1) is 11.8 Å². The molecule has 3 atom stereocenters. The van der Waals surface area contributed by atoms with Gasteiger partial charge in [-0.3, -0.25) is 9.69 Å². The maximum atomic E-state index is 11.3. The highest BCUT2D eigenvalue weighted by Crippen LogP contribution is 2.29. The highest BCUT2D eigenvalue weighted by atomic mass is 16.5. The van der Waals surface area contributed by atoms with Gasteiger partial charge in [-0.05, 0) is 0 Å². The molecular formula is C12H21N3O3. The van der Waals surface area contributed by atoms with Crippen LogP contribution in [0.15, 0.2) is 0 Å². The normalized spacial score (nSPS) is 41.6. The number of piperidine rings is 1. The first-order chi connectivity index (χ1) is 8.75. The lowest BCUT2D eigenvalue weighted by Gasteiger charge is -2.49. The number of nitrogens with one attached hydrogen (secondary N) is 1. The summed E-state index contributed by atoms with van der Waals surface area (Å²) in [5, 5.41) is 3.46. The van der Waals surface area contributed by atoms with Crippen molar-refractivity contribution >= 4 is 5.91 Å². The van der Waals surface area contributed by atoms with Crippen molar-refractivity contribution in [2.75, 3.05) is 46.0 Å². The molecule has 3 rings (SSSR count). The van der Waals surface area contributed by atoms with Gasteiger partial charge in [0.25, 0.3) is 0 Å². The average Bonchev–Trinajstić information content (AvgIpc) is 2.38. The van der Waals surface area contributed by atoms with Crippen LogP contribution in [-0.2, 0) is 14.3 Å². The number of primary amides is 1. The Labute approximate surface area is 107 Å². The molecule has 3 unspecified atom stereocenters. The SMILES string of the molecule is NC(=O)C1CN(C2C3CNCC2COC3)CCO1. The smallest absolute Gasteiger partial charge is 0.247 e. The first kappa shape index (κ1) is 12.3. The molecule has 2 bridgehead atoms. The molecule has 0 spiro atoms. The van der Waals surface area contributed by atoms with E-state index in [1.807, 2.05) is 0 Å². The van der Waals surface area contributed by atoms with Crippen LogP contribution in [0.1, 0.15) is 0 Å². The number of carbonyl (C=O) groups is 1. The van der Waals surface area contributed by atoms with Crippen LogP contribution in [0.4, 0.5) is 0 Å². The molecule has 3 saturated heterocycles. The van der Waals surface area contributed by atoms with Gasteiger partial charge >= 0.3 is 0 Å². The number of hydrogen-bond acceptors (Lipinski definition) is 5. The van der Waals surface area contributed by atoms with Crippen molar-refractivity contribution < 1.29 is 14.3 Å². The number of morpholine rings is 1. The molecule has 6 nitrogen and oxygen atoms in total. The van der Waals surface area contributed by atoms with Gasteiger partial charge in [-0.2, -0.15) is 0 Å². The molecule has 0 aliphatic carbocycles. The molecule has 3 aliphatic rings. The van der Waals surface area contributed by atoms with E-state index in [1.165, 1.54) is 0 Å². The zero-order valence-electron chi connectivity index (χ0n) is 10.5. The van der Waals surface area contributed by atoms with Crippen LogP contribution >= 0.6 is 0 Å². The number of ether oxygens (including phenoxy) is 2. The molecule has 0 aromatic carbocycles. The Balaban J connectivity index is 1.71. The second-order valence-electron chi connectivity index (χ2n) is 5.46. The number of nitrogens with two attached hydrogens (primary N) is 1. The van der Waals surface area contributed by atoms with Gasteiger partial charge in [0.05, 0.1) is 19.8 Å². The molecule has 0 radical (unpaired) electrons. The summed E-state index contributed by atoms with van der Waals surface area (Å²) in [5.74, 6) is 0.684. The molecule has 0 aromatic heterocycles. The molecular weight excluding hydrogens is 234 g/mol. The number of amides is 1. The van der Waals surface area contributed by atoms with Crippen molar-refractivity contribution in [2.45, 2.75) is 12.1 Å². The summed E-state index contributed by atoms with van der Waals surface area (Å²) < 4.78 is 11.1. The van der Waals surface area contributed by atoms with E-state index in [1.54, 1.807) is 0 Å². The van der Waals surface area contributed by atoms with Crippen LogP contribution < -0.4 is 11.1 Å². The predicted octanol–water partition coefficient (Wildman–Crippen LogP) is -1.59. The third-order valence-electron chi connectivity index (χ3n) is 4.28. The summed E-state index contributed by atoms with van der Waals surface area (Å²) in [7, 11) is 0. The standard InChI is InChI=1S/C12H21N3O3/c13-12(16)10-5-15(1-2-18-10)11-8-3-14-4-9(11)7-17-6-8/h8-11,14H,1-7H2,(H2,13,16). The molecule has 0 aromatic rings. The molecule has 3 aliphatic heterocycles. The second kappa shape index (κ2) is 5.13. The number of rotatable bonds is 2. The van der Waals surface area contributed by atoms with Crippen molar-refractivity contribution in [3.63, 3.8) is 0 Å². The van der Waals surface area contributed by atoms with Crippen molar-refractivity contribution in [3.8, 4) is 0 Å². The Bertz CT molecular complexity index is 304. The number of nitrogens with zero attached hydrogens (tertiary/aromatic N) is 1. The maximum Gasteiger partial charge on any atom is 0.247 e. The fourth-order valence-corrected chi connectivity index (χ4v) is 3.47. The van der Waals surface area contributed by atoms with Crippen molar-refractivity contribution in [1.82, 2.24) is 10.2 Å². The molecule has 6 heteroatoms. The third-order valence-corrected chi connectivity index (χ3v) is 4.28. The first-order valence-electron chi connectivity index (χ1n) is 6.69. The summed E-state index contributed by atoms with van der Waals surface area (Å²) in [6.45, 7) is 5.74. The highest BCUT2D eigenvalue weighted by Gasteiger charge is 2.42. The van der Waals surface area contributed by atoms with Crippen molar-refractivity contribution in [2.24, 2.45) is 17.6 Å². The molecule has 3 fully saturated rings. The van der Waals surface area contributed by atoms with Gasteiger partial charge in [0.15, 0.2) is 0 Å². The third kappa shape index (κ3) is 2.25. The van der Waals surface area contributed by atoms with Gasteiger partial charge in [-0.15, -0.1) is 0 Å². The predicted molar refractivity (Wildman–Crippen MR) is 65.0 cm³/mol. The summed E-state index contributed by atoms with van der Waals surface area (Å²) in [4.78, 5) is 13.6. The zero-order chi connectivity index (χ0) is 12.5. The summed E-state index contributed by atoms with van der Waals surface area (Å²) in [6, 6.07) is 0.505. The number of fused-ring (bicyclic) bond motifs is 2. The minimum atomic E-state index is -0.449. The fourth-order valence-electron chi connectivity index (χ4n) is 3.47. The lowest BCUT2D eigenvalue weighted by Crippen LogP contribution is -2.63. The van der Waals surface area contributed by atoms with Gasteiger partial charge in [0, 0.05) is 44.1 Å². The average molecular weight is 255 g/mol. The summed E-state index contributed by atoms with van der Waals surface area (Å²) in [6.07, 6.45) is -0.449. The van der Waals surface area contributed by atoms with Crippen molar-refractivity contribution in [1.29, 1.82) is 0 Å². The van der Waals surface area contributed by atoms with E-state index in [-0.39, 0.29) is 5.91 Å². The maximum absolute atomic E-state index is 11.3. The Kier molecular flexibility index (Phi) is 3.52. The monoisotopic (exact) mass is 255 g/mol. The second-order valence-corrected chi connectivity index (χ2v) is 5.46. The van der Waals surface area contributed by atoms with Gasteiger partial charge in [-0.25, -0.2) is 0 Å². The van der Waals surface area contributed by atoms with Gasteiger partial charge in [0.1, 0.15) is 6.10 Å². The molecule has 3 N–H and O–H groups in total. The van der Waals surface area contributed by atoms with E-state index >= 15 is 0 Å². The lowest BCUT2D eigenvalue weighted by atomic mass is 9.82. The van der Waals surface area contributed by atoms with Crippen molar-refractivity contribution in [3.05, 3.63) is 0 Å². The van der Waals surface area contributed by atoms with E-state index in [9.17, 15) is 4.79 Å². The largest absolute Gasteiger partial charge is 0.381 e. The van der Waals surface area contributed by atoms with Crippen LogP contribution in [0.5, 0.6) is 0 Å². The van der Waals surface area contributed by atoms with E-state index in [2.05, 4.69) is 10.2 Å². The Hall–Kier alpha value is -0.690. The topological polar surface area (TPSA) is 76.8 Å². The summed E-state index contributed by atoms with van der Waals surface area (Å²) in [5.41, 5.74) is 5.35. The van der Waals surface area contributed by atoms with E-state index in [0.29, 0.717) is 31.0 Å². The van der Waals surface area contributed by atoms with Crippen LogP contribution in [0.25, 0.3) is 0 Å². The van der Waals surface area contributed by atoms with Crippen LogP contribution in [-0.4, -0.2) is 69.0 Å². The van der Waals surface area contributed by atoms with E-state index in [0.717, 1.165) is 32.8 Å². The van der Waals surface area contributed by atoms with Gasteiger partial charge < -0.3 is 20.5 Å². The Morgan fingerprint density at radius 3 is 2.67 bits per heavy atom. The Morgan fingerprint density at radius 1 is 1.28 bits per heavy atom. The first-order valence-corrected chi connectivity index (χ1v) is 6.69. The molecule has 18 heavy (non-hydrogen) atoms. The summed E-state index contributed by atoms with van der Waals surface area (Å²) >= 11 is 0. The fraction of sp³-hybridized carbons (Fsp3) is 0.917. The van der Waals surface area contributed by atoms with Gasteiger partial charge in [0.2, 0.25) is 5.91 Å². The van der Waals surface area contributed by atoms with E-state index < -0.39 is 6.10 Å². The Morgan fingerprint density at radius 2 is 2.00 bits per heavy atom. The van der Waals surface area contributed by atoms with Gasteiger partial charge in [-0.1, -0.05) is 0 Å². The number of hydrogen-bond donors (Lipinski definition) is 2.